The number of anilines is 1. The van der Waals surface area contributed by atoms with Crippen LogP contribution in [0.1, 0.15) is 23.7 Å². The van der Waals surface area contributed by atoms with Gasteiger partial charge in [-0.15, -0.1) is 0 Å². The Balaban J connectivity index is 2.07. The molecule has 2 heterocycles. The van der Waals surface area contributed by atoms with Crippen molar-refractivity contribution in [3.8, 4) is 0 Å². The predicted octanol–water partition coefficient (Wildman–Crippen LogP) is 1.13. The molecule has 0 amide bonds. The molecule has 0 atom stereocenters. The van der Waals surface area contributed by atoms with Crippen molar-refractivity contribution in [3.05, 3.63) is 47.4 Å². The van der Waals surface area contributed by atoms with Gasteiger partial charge in [-0.3, -0.25) is 0 Å². The number of rotatable bonds is 5. The molecule has 0 radical (unpaired) electrons. The Morgan fingerprint density at radius 1 is 1.24 bits per heavy atom. The molecule has 0 aliphatic heterocycles. The van der Waals surface area contributed by atoms with Crippen LogP contribution < -0.4 is 10.0 Å². The van der Waals surface area contributed by atoms with Gasteiger partial charge in [-0.25, -0.2) is 18.5 Å². The molecule has 0 saturated heterocycles. The van der Waals surface area contributed by atoms with Gasteiger partial charge in [0.25, 0.3) is 5.78 Å². The summed E-state index contributed by atoms with van der Waals surface area (Å²) >= 11 is 0. The summed E-state index contributed by atoms with van der Waals surface area (Å²) < 4.78 is 24.5. The quantitative estimate of drug-likeness (QED) is 0.731. The lowest BCUT2D eigenvalue weighted by Gasteiger charge is -2.22. The number of sulfonamides is 1. The van der Waals surface area contributed by atoms with Gasteiger partial charge in [0.1, 0.15) is 12.1 Å². The molecule has 2 aromatic heterocycles. The lowest BCUT2D eigenvalue weighted by molar-refractivity contribution is 0.598. The molecule has 0 saturated carbocycles. The molecule has 1 aromatic carbocycles. The van der Waals surface area contributed by atoms with Crippen molar-refractivity contribution in [3.63, 3.8) is 0 Å². The molecular formula is C16H20N6O2S. The van der Waals surface area contributed by atoms with Crippen molar-refractivity contribution in [2.45, 2.75) is 25.2 Å². The maximum Gasteiger partial charge on any atom is 0.254 e. The number of aromatic nitrogens is 4. The first-order valence-corrected chi connectivity index (χ1v) is 9.38. The first kappa shape index (κ1) is 17.3. The van der Waals surface area contributed by atoms with Crippen LogP contribution in [0.4, 0.5) is 5.82 Å². The molecule has 3 aromatic rings. The van der Waals surface area contributed by atoms with Crippen LogP contribution in [-0.2, 0) is 16.4 Å². The van der Waals surface area contributed by atoms with Crippen molar-refractivity contribution in [1.29, 1.82) is 0 Å². The average Bonchev–Trinajstić information content (AvgIpc) is 3.02. The molecule has 9 heteroatoms. The van der Waals surface area contributed by atoms with Crippen molar-refractivity contribution in [1.82, 2.24) is 19.6 Å². The number of benzene rings is 1. The van der Waals surface area contributed by atoms with Crippen molar-refractivity contribution < 1.29 is 8.42 Å². The largest absolute Gasteiger partial charge is 0.359 e. The van der Waals surface area contributed by atoms with E-state index in [4.69, 9.17) is 5.14 Å². The SMILES string of the molecule is CCN(C)c1c(Cc2ccc(S(N)(=O)=O)cc2)c(C)nc2ncnn12. The Morgan fingerprint density at radius 2 is 1.92 bits per heavy atom. The molecule has 25 heavy (non-hydrogen) atoms. The van der Waals surface area contributed by atoms with Crippen molar-refractivity contribution in [2.75, 3.05) is 18.5 Å². The van der Waals surface area contributed by atoms with E-state index in [9.17, 15) is 8.42 Å². The third-order valence-electron chi connectivity index (χ3n) is 4.17. The Hall–Kier alpha value is -2.52. The number of hydrogen-bond acceptors (Lipinski definition) is 6. The molecule has 132 valence electrons. The molecule has 0 spiro atoms. The van der Waals surface area contributed by atoms with Gasteiger partial charge in [0.15, 0.2) is 0 Å². The number of hydrogen-bond donors (Lipinski definition) is 1. The highest BCUT2D eigenvalue weighted by Crippen LogP contribution is 2.25. The van der Waals surface area contributed by atoms with Gasteiger partial charge < -0.3 is 4.90 Å². The van der Waals surface area contributed by atoms with Crippen molar-refractivity contribution in [2.24, 2.45) is 5.14 Å². The van der Waals surface area contributed by atoms with E-state index in [1.807, 2.05) is 14.0 Å². The summed E-state index contributed by atoms with van der Waals surface area (Å²) in [5.74, 6) is 1.49. The van der Waals surface area contributed by atoms with E-state index < -0.39 is 10.0 Å². The lowest BCUT2D eigenvalue weighted by atomic mass is 10.0. The zero-order chi connectivity index (χ0) is 18.2. The van der Waals surface area contributed by atoms with E-state index in [0.717, 1.165) is 29.2 Å². The summed E-state index contributed by atoms with van der Waals surface area (Å²) in [6.07, 6.45) is 2.08. The van der Waals surface area contributed by atoms with E-state index in [2.05, 4.69) is 26.9 Å². The summed E-state index contributed by atoms with van der Waals surface area (Å²) in [6.45, 7) is 4.80. The van der Waals surface area contributed by atoms with Gasteiger partial charge in [-0.2, -0.15) is 14.6 Å². The highest BCUT2D eigenvalue weighted by atomic mass is 32.2. The summed E-state index contributed by atoms with van der Waals surface area (Å²) in [5, 5.41) is 9.44. The third kappa shape index (κ3) is 3.33. The lowest BCUT2D eigenvalue weighted by Crippen LogP contribution is -2.23. The summed E-state index contributed by atoms with van der Waals surface area (Å²) in [7, 11) is -1.70. The standard InChI is InChI=1S/C16H20N6O2S/c1-4-21(3)15-14(11(2)20-16-18-10-19-22(15)16)9-12-5-7-13(8-6-12)25(17,23)24/h5-8,10H,4,9H2,1-3H3,(H2,17,23,24). The Bertz CT molecular complexity index is 1010. The molecule has 3 rings (SSSR count). The highest BCUT2D eigenvalue weighted by Gasteiger charge is 2.18. The second-order valence-corrected chi connectivity index (χ2v) is 7.41. The maximum absolute atomic E-state index is 11.4. The summed E-state index contributed by atoms with van der Waals surface area (Å²) in [4.78, 5) is 10.9. The molecule has 0 bridgehead atoms. The van der Waals surface area contributed by atoms with Crippen LogP contribution in [0.5, 0.6) is 0 Å². The van der Waals surface area contributed by atoms with Crippen molar-refractivity contribution >= 4 is 21.6 Å². The second-order valence-electron chi connectivity index (χ2n) is 5.85. The van der Waals surface area contributed by atoms with E-state index in [1.165, 1.54) is 18.5 Å². The van der Waals surface area contributed by atoms with E-state index in [0.29, 0.717) is 12.2 Å². The van der Waals surface area contributed by atoms with Gasteiger partial charge in [0, 0.05) is 31.3 Å². The Kier molecular flexibility index (Phi) is 4.44. The van der Waals surface area contributed by atoms with Crippen LogP contribution in [0.3, 0.4) is 0 Å². The van der Waals surface area contributed by atoms with Gasteiger partial charge in [0.2, 0.25) is 10.0 Å². The third-order valence-corrected chi connectivity index (χ3v) is 5.10. The Morgan fingerprint density at radius 3 is 2.52 bits per heavy atom. The van der Waals surface area contributed by atoms with E-state index >= 15 is 0 Å². The molecule has 8 nitrogen and oxygen atoms in total. The van der Waals surface area contributed by atoms with Crippen LogP contribution in [0.25, 0.3) is 5.78 Å². The summed E-state index contributed by atoms with van der Waals surface area (Å²) in [6, 6.07) is 6.57. The van der Waals surface area contributed by atoms with Gasteiger partial charge >= 0.3 is 0 Å². The van der Waals surface area contributed by atoms with Gasteiger partial charge in [-0.05, 0) is 31.5 Å². The Labute approximate surface area is 146 Å². The zero-order valence-electron chi connectivity index (χ0n) is 14.3. The van der Waals surface area contributed by atoms with E-state index in [1.54, 1.807) is 16.6 Å². The molecule has 0 aliphatic rings. The smallest absolute Gasteiger partial charge is 0.254 e. The number of nitrogens with two attached hydrogens (primary N) is 1. The van der Waals surface area contributed by atoms with Gasteiger partial charge in [-0.1, -0.05) is 12.1 Å². The van der Waals surface area contributed by atoms with Crippen LogP contribution in [0.2, 0.25) is 0 Å². The monoisotopic (exact) mass is 360 g/mol. The number of aryl methyl sites for hydroxylation is 1. The number of primary sulfonamides is 1. The van der Waals surface area contributed by atoms with Crippen LogP contribution >= 0.6 is 0 Å². The average molecular weight is 360 g/mol. The molecule has 0 fully saturated rings. The highest BCUT2D eigenvalue weighted by molar-refractivity contribution is 7.89. The minimum absolute atomic E-state index is 0.101. The second kappa shape index (κ2) is 6.41. The van der Waals surface area contributed by atoms with Crippen LogP contribution in [0, 0.1) is 6.92 Å². The number of nitrogens with zero attached hydrogens (tertiary/aromatic N) is 5. The first-order chi connectivity index (χ1) is 11.8. The fourth-order valence-electron chi connectivity index (χ4n) is 2.72. The topological polar surface area (TPSA) is 106 Å². The normalized spacial score (nSPS) is 11.8. The predicted molar refractivity (Wildman–Crippen MR) is 95.1 cm³/mol. The molecular weight excluding hydrogens is 340 g/mol. The number of fused-ring (bicyclic) bond motifs is 1. The van der Waals surface area contributed by atoms with Crippen LogP contribution in [-0.4, -0.2) is 41.6 Å². The van der Waals surface area contributed by atoms with Gasteiger partial charge in [0.05, 0.1) is 4.90 Å². The fourth-order valence-corrected chi connectivity index (χ4v) is 3.23. The molecule has 2 N–H and O–H groups in total. The maximum atomic E-state index is 11.4. The zero-order valence-corrected chi connectivity index (χ0v) is 15.2. The first-order valence-electron chi connectivity index (χ1n) is 7.83. The van der Waals surface area contributed by atoms with E-state index in [-0.39, 0.29) is 4.90 Å². The molecule has 0 unspecified atom stereocenters. The fraction of sp³-hybridized carbons (Fsp3) is 0.312. The minimum Gasteiger partial charge on any atom is -0.359 e. The molecule has 0 aliphatic carbocycles. The summed E-state index contributed by atoms with van der Waals surface area (Å²) in [5.41, 5.74) is 2.85. The van der Waals surface area contributed by atoms with Crippen LogP contribution in [0.15, 0.2) is 35.5 Å². The minimum atomic E-state index is -3.69.